The molecule has 1 saturated heterocycles. The Bertz CT molecular complexity index is 1030. The maximum absolute atomic E-state index is 12.8. The predicted molar refractivity (Wildman–Crippen MR) is 123 cm³/mol. The van der Waals surface area contributed by atoms with Crippen LogP contribution in [0.5, 0.6) is 0 Å². The summed E-state index contributed by atoms with van der Waals surface area (Å²) < 4.78 is 43.7. The van der Waals surface area contributed by atoms with Crippen LogP contribution in [0.2, 0.25) is 5.02 Å². The smallest absolute Gasteiger partial charge is 0.379 e. The van der Waals surface area contributed by atoms with E-state index in [1.54, 1.807) is 30.3 Å². The first-order chi connectivity index (χ1) is 16.0. The molecule has 34 heavy (non-hydrogen) atoms. The van der Waals surface area contributed by atoms with Crippen LogP contribution in [0.25, 0.3) is 0 Å². The second-order valence-electron chi connectivity index (χ2n) is 7.73. The van der Waals surface area contributed by atoms with Crippen molar-refractivity contribution in [3.8, 4) is 0 Å². The average molecular weight is 518 g/mol. The number of amides is 2. The number of nitrogens with one attached hydrogen (secondary N) is 2. The molecule has 2 aromatic rings. The number of aliphatic hydroxyl groups is 1. The van der Waals surface area contributed by atoms with Gasteiger partial charge in [0.25, 0.3) is 5.91 Å². The third-order valence-corrected chi connectivity index (χ3v) is 6.34. The highest BCUT2D eigenvalue weighted by atomic mass is 35.5. The highest BCUT2D eigenvalue weighted by molar-refractivity contribution is 7.99. The number of rotatable bonds is 7. The molecule has 1 unspecified atom stereocenters. The van der Waals surface area contributed by atoms with Gasteiger partial charge in [-0.15, -0.1) is 0 Å². The molecular weight excluding hydrogens is 495 g/mol. The minimum atomic E-state index is -5.13. The summed E-state index contributed by atoms with van der Waals surface area (Å²) in [5.41, 5.74) is -2.96. The van der Waals surface area contributed by atoms with Crippen LogP contribution in [-0.2, 0) is 14.3 Å². The minimum Gasteiger partial charge on any atom is -0.379 e. The van der Waals surface area contributed by atoms with Gasteiger partial charge in [0.1, 0.15) is 0 Å². The molecule has 1 heterocycles. The Balaban J connectivity index is 1.57. The van der Waals surface area contributed by atoms with Crippen LogP contribution in [0.3, 0.4) is 0 Å². The SMILES string of the molecule is CC(O)(C(=O)Nc1ccc(Sc2ccc(NC(=O)CN3CCOCC3)cc2)cc1Cl)C(F)(F)F. The number of halogens is 4. The topological polar surface area (TPSA) is 90.9 Å². The number of anilines is 2. The van der Waals surface area contributed by atoms with E-state index in [2.05, 4.69) is 5.32 Å². The van der Waals surface area contributed by atoms with Crippen molar-refractivity contribution in [1.29, 1.82) is 0 Å². The molecule has 3 rings (SSSR count). The second kappa shape index (κ2) is 11.0. The van der Waals surface area contributed by atoms with Crippen LogP contribution in [0.15, 0.2) is 52.3 Å². The molecule has 1 fully saturated rings. The molecule has 3 N–H and O–H groups in total. The highest BCUT2D eigenvalue weighted by Gasteiger charge is 2.55. The summed E-state index contributed by atoms with van der Waals surface area (Å²) in [6.07, 6.45) is -5.13. The van der Waals surface area contributed by atoms with Gasteiger partial charge in [-0.05, 0) is 49.4 Å². The number of benzene rings is 2. The fraction of sp³-hybridized carbons (Fsp3) is 0.364. The van der Waals surface area contributed by atoms with Gasteiger partial charge in [0, 0.05) is 28.6 Å². The number of nitrogens with zero attached hydrogens (tertiary/aromatic N) is 1. The summed E-state index contributed by atoms with van der Waals surface area (Å²) >= 11 is 7.45. The molecule has 1 atom stereocenters. The summed E-state index contributed by atoms with van der Waals surface area (Å²) in [5, 5.41) is 14.3. The van der Waals surface area contributed by atoms with Crippen LogP contribution in [0.4, 0.5) is 24.5 Å². The Kier molecular flexibility index (Phi) is 8.47. The van der Waals surface area contributed by atoms with Crippen LogP contribution in [0.1, 0.15) is 6.92 Å². The van der Waals surface area contributed by atoms with Crippen molar-refractivity contribution < 1.29 is 32.6 Å². The van der Waals surface area contributed by atoms with Crippen molar-refractivity contribution in [2.45, 2.75) is 28.5 Å². The van der Waals surface area contributed by atoms with E-state index in [1.165, 1.54) is 23.9 Å². The highest BCUT2D eigenvalue weighted by Crippen LogP contribution is 2.35. The van der Waals surface area contributed by atoms with Gasteiger partial charge >= 0.3 is 6.18 Å². The lowest BCUT2D eigenvalue weighted by Crippen LogP contribution is -2.52. The summed E-state index contributed by atoms with van der Waals surface area (Å²) in [4.78, 5) is 27.6. The van der Waals surface area contributed by atoms with Gasteiger partial charge in [0.15, 0.2) is 0 Å². The lowest BCUT2D eigenvalue weighted by molar-refractivity contribution is -0.242. The molecule has 7 nitrogen and oxygen atoms in total. The third-order valence-electron chi connectivity index (χ3n) is 5.03. The Labute approximate surface area is 203 Å². The van der Waals surface area contributed by atoms with Crippen LogP contribution in [-0.4, -0.2) is 66.4 Å². The van der Waals surface area contributed by atoms with Gasteiger partial charge in [-0.25, -0.2) is 0 Å². The molecule has 12 heteroatoms. The van der Waals surface area contributed by atoms with Gasteiger partial charge < -0.3 is 20.5 Å². The van der Waals surface area contributed by atoms with Crippen molar-refractivity contribution in [1.82, 2.24) is 4.90 Å². The Morgan fingerprint density at radius 2 is 1.71 bits per heavy atom. The van der Waals surface area contributed by atoms with Crippen LogP contribution < -0.4 is 10.6 Å². The van der Waals surface area contributed by atoms with E-state index < -0.39 is 17.7 Å². The molecule has 0 aromatic heterocycles. The van der Waals surface area contributed by atoms with Crippen molar-refractivity contribution in [2.24, 2.45) is 0 Å². The molecule has 1 aliphatic rings. The zero-order chi connectivity index (χ0) is 24.9. The molecule has 0 aliphatic carbocycles. The zero-order valence-corrected chi connectivity index (χ0v) is 19.7. The summed E-state index contributed by atoms with van der Waals surface area (Å²) in [7, 11) is 0. The Hall–Kier alpha value is -2.31. The quantitative estimate of drug-likeness (QED) is 0.514. The molecule has 0 radical (unpaired) electrons. The Morgan fingerprint density at radius 1 is 1.09 bits per heavy atom. The van der Waals surface area contributed by atoms with Crippen LogP contribution in [0, 0.1) is 0 Å². The van der Waals surface area contributed by atoms with E-state index in [9.17, 15) is 27.9 Å². The Morgan fingerprint density at radius 3 is 2.29 bits per heavy atom. The summed E-state index contributed by atoms with van der Waals surface area (Å²) in [5.74, 6) is -1.75. The predicted octanol–water partition coefficient (Wildman–Crippen LogP) is 4.01. The van der Waals surface area contributed by atoms with E-state index >= 15 is 0 Å². The number of carbonyl (C=O) groups excluding carboxylic acids is 2. The lowest BCUT2D eigenvalue weighted by atomic mass is 10.1. The first kappa shape index (κ1) is 26.3. The number of alkyl halides is 3. The monoisotopic (exact) mass is 517 g/mol. The van der Waals surface area contributed by atoms with Gasteiger partial charge in [0.05, 0.1) is 30.5 Å². The zero-order valence-electron chi connectivity index (χ0n) is 18.1. The number of hydrogen-bond acceptors (Lipinski definition) is 6. The molecule has 0 spiro atoms. The van der Waals surface area contributed by atoms with Gasteiger partial charge in [-0.2, -0.15) is 13.2 Å². The van der Waals surface area contributed by atoms with Crippen molar-refractivity contribution >= 4 is 46.6 Å². The van der Waals surface area contributed by atoms with Crippen molar-refractivity contribution in [3.63, 3.8) is 0 Å². The molecule has 2 aromatic carbocycles. The first-order valence-electron chi connectivity index (χ1n) is 10.2. The largest absolute Gasteiger partial charge is 0.426 e. The molecule has 0 saturated carbocycles. The summed E-state index contributed by atoms with van der Waals surface area (Å²) in [6.45, 7) is 3.33. The number of morpholine rings is 1. The molecule has 184 valence electrons. The van der Waals surface area contributed by atoms with Crippen LogP contribution >= 0.6 is 23.4 Å². The molecule has 2 amide bonds. The maximum Gasteiger partial charge on any atom is 0.426 e. The number of carbonyl (C=O) groups is 2. The van der Waals surface area contributed by atoms with E-state index in [0.717, 1.165) is 18.0 Å². The fourth-order valence-corrected chi connectivity index (χ4v) is 4.09. The average Bonchev–Trinajstić information content (AvgIpc) is 2.76. The van der Waals surface area contributed by atoms with E-state index in [0.29, 0.717) is 37.3 Å². The second-order valence-corrected chi connectivity index (χ2v) is 9.28. The molecule has 1 aliphatic heterocycles. The first-order valence-corrected chi connectivity index (χ1v) is 11.4. The van der Waals surface area contributed by atoms with Gasteiger partial charge in [0.2, 0.25) is 11.5 Å². The fourth-order valence-electron chi connectivity index (χ4n) is 2.94. The standard InChI is InChI=1S/C22H23ClF3N3O4S/c1-21(32,22(24,25)26)20(31)28-18-7-6-16(12-17(18)23)34-15-4-2-14(3-5-15)27-19(30)13-29-8-10-33-11-9-29/h2-7,12,32H,8-11,13H2,1H3,(H,27,30)(H,28,31). The van der Waals surface area contributed by atoms with E-state index in [1.807, 2.05) is 10.2 Å². The number of hydrogen-bond donors (Lipinski definition) is 3. The minimum absolute atomic E-state index is 0.0170. The van der Waals surface area contributed by atoms with Crippen molar-refractivity contribution in [3.05, 3.63) is 47.5 Å². The molecule has 0 bridgehead atoms. The lowest BCUT2D eigenvalue weighted by Gasteiger charge is -2.25. The van der Waals surface area contributed by atoms with Gasteiger partial charge in [-0.1, -0.05) is 23.4 Å². The molecular formula is C22H23ClF3N3O4S. The van der Waals surface area contributed by atoms with Gasteiger partial charge in [-0.3, -0.25) is 14.5 Å². The number of ether oxygens (including phenoxy) is 1. The maximum atomic E-state index is 12.8. The normalized spacial score (nSPS) is 16.5. The summed E-state index contributed by atoms with van der Waals surface area (Å²) in [6, 6.07) is 11.5. The van der Waals surface area contributed by atoms with E-state index in [4.69, 9.17) is 16.3 Å². The third kappa shape index (κ3) is 6.86. The van der Waals surface area contributed by atoms with Crippen molar-refractivity contribution in [2.75, 3.05) is 43.5 Å². The van der Waals surface area contributed by atoms with E-state index in [-0.39, 0.29) is 16.6 Å².